The normalized spacial score (nSPS) is 18.1. The average molecular weight is 456 g/mol. The molecule has 0 aromatic heterocycles. The van der Waals surface area contributed by atoms with Crippen LogP contribution in [0.4, 0.5) is 26.3 Å². The Morgan fingerprint density at radius 1 is 0.850 bits per heavy atom. The summed E-state index contributed by atoms with van der Waals surface area (Å²) in [7, 11) is -12.3. The maximum Gasteiger partial charge on any atom is 0.502 e. The molecule has 0 unspecified atom stereocenters. The van der Waals surface area contributed by atoms with Gasteiger partial charge in [0.05, 0.1) is 0 Å². The van der Waals surface area contributed by atoms with Gasteiger partial charge in [0.1, 0.15) is 7.75 Å². The first-order chi connectivity index (χ1) is 8.73. The quantitative estimate of drug-likeness (QED) is 0.473. The van der Waals surface area contributed by atoms with Crippen molar-refractivity contribution in [2.24, 2.45) is 0 Å². The first-order valence-corrected chi connectivity index (χ1v) is 9.52. The van der Waals surface area contributed by atoms with Gasteiger partial charge in [-0.1, -0.05) is 26.8 Å². The van der Waals surface area contributed by atoms with E-state index in [1.807, 2.05) is 0 Å². The van der Waals surface area contributed by atoms with Gasteiger partial charge in [0.2, 0.25) is 0 Å². The van der Waals surface area contributed by atoms with Crippen molar-refractivity contribution in [3.8, 4) is 0 Å². The van der Waals surface area contributed by atoms with E-state index in [0.29, 0.717) is 0 Å². The van der Waals surface area contributed by atoms with Gasteiger partial charge in [-0.2, -0.15) is 26.3 Å². The minimum absolute atomic E-state index is 0.199. The highest BCUT2D eigenvalue weighted by molar-refractivity contribution is 14.2. The van der Waals surface area contributed by atoms with Crippen LogP contribution in [0.5, 0.6) is 0 Å². The lowest BCUT2D eigenvalue weighted by Crippen LogP contribution is -2.36. The Hall–Kier alpha value is -0.440. The van der Waals surface area contributed by atoms with Crippen LogP contribution in [0, 0.1) is 0 Å². The van der Waals surface area contributed by atoms with E-state index in [4.69, 9.17) is 0 Å². The van der Waals surface area contributed by atoms with Gasteiger partial charge < -0.3 is 0 Å². The highest BCUT2D eigenvalue weighted by Gasteiger charge is 2.56. The molecule has 20 heavy (non-hydrogen) atoms. The third-order valence-corrected chi connectivity index (χ3v) is 9.39. The number of rotatable bonds is 2. The van der Waals surface area contributed by atoms with Crippen LogP contribution in [0.3, 0.4) is 0 Å². The second-order valence-corrected chi connectivity index (χ2v) is 10.1. The standard InChI is InChI=1S/C7H3F6IO4S2/c8-6(9,10)19(15,16)4-2-1-3-14-5(4)20(17,18)7(11,12)13/h1-3H. The van der Waals surface area contributed by atoms with Gasteiger partial charge in [0.25, 0.3) is 19.7 Å². The summed E-state index contributed by atoms with van der Waals surface area (Å²) in [5, 5.41) is 0. The highest BCUT2D eigenvalue weighted by atomic mass is 127. The average Bonchev–Trinajstić information content (AvgIpc) is 2.26. The fourth-order valence-corrected chi connectivity index (χ4v) is 7.47. The number of allylic oxidation sites excluding steroid dienone is 2. The minimum atomic E-state index is -6.17. The molecule has 0 fully saturated rings. The van der Waals surface area contributed by atoms with E-state index in [9.17, 15) is 43.2 Å². The van der Waals surface area contributed by atoms with E-state index in [-0.39, 0.29) is 6.08 Å². The zero-order valence-corrected chi connectivity index (χ0v) is 12.6. The molecule has 0 aromatic rings. The molecule has 13 heteroatoms. The van der Waals surface area contributed by atoms with E-state index < -0.39 is 59.2 Å². The van der Waals surface area contributed by atoms with Crippen molar-refractivity contribution in [2.75, 3.05) is 0 Å². The third kappa shape index (κ3) is 2.93. The first-order valence-electron chi connectivity index (χ1n) is 4.23. The zero-order valence-electron chi connectivity index (χ0n) is 8.83. The van der Waals surface area contributed by atoms with Crippen LogP contribution in [-0.4, -0.2) is 30.7 Å². The molecule has 1 rings (SSSR count). The predicted molar refractivity (Wildman–Crippen MR) is 66.2 cm³/mol. The van der Waals surface area contributed by atoms with Gasteiger partial charge >= 0.3 is 11.0 Å². The Labute approximate surface area is 118 Å². The van der Waals surface area contributed by atoms with Gasteiger partial charge in [0.15, 0.2) is 0 Å². The van der Waals surface area contributed by atoms with E-state index in [1.165, 1.54) is 0 Å². The zero-order chi connectivity index (χ0) is 16.0. The van der Waals surface area contributed by atoms with Crippen molar-refractivity contribution >= 4 is 43.2 Å². The molecule has 4 nitrogen and oxygen atoms in total. The van der Waals surface area contributed by atoms with E-state index >= 15 is 0 Å². The summed E-state index contributed by atoms with van der Waals surface area (Å²) >= 11 is -2.18. The maximum atomic E-state index is 12.4. The lowest BCUT2D eigenvalue weighted by molar-refractivity contribution is -0.0433. The summed E-state index contributed by atoms with van der Waals surface area (Å²) in [6, 6.07) is 0. The van der Waals surface area contributed by atoms with E-state index in [0.717, 1.165) is 10.2 Å². The molecule has 0 saturated heterocycles. The molecular weight excluding hydrogens is 453 g/mol. The van der Waals surface area contributed by atoms with Crippen molar-refractivity contribution in [2.45, 2.75) is 11.0 Å². The molecule has 1 aliphatic rings. The molecule has 0 radical (unpaired) electrons. The van der Waals surface area contributed by atoms with Gasteiger partial charge in [-0.05, 0) is 10.2 Å². The summed E-state index contributed by atoms with van der Waals surface area (Å²) in [5.74, 6) is 0. The second kappa shape index (κ2) is 5.08. The molecule has 0 N–H and O–H groups in total. The Balaban J connectivity index is 3.58. The van der Waals surface area contributed by atoms with Crippen LogP contribution < -0.4 is 0 Å². The molecule has 0 amide bonds. The number of sulfone groups is 2. The topological polar surface area (TPSA) is 68.3 Å². The molecule has 0 aromatic carbocycles. The fourth-order valence-electron chi connectivity index (χ4n) is 0.949. The van der Waals surface area contributed by atoms with E-state index in [1.54, 1.807) is 0 Å². The molecule has 0 aliphatic carbocycles. The Morgan fingerprint density at radius 3 is 1.70 bits per heavy atom. The number of hydrogen-bond acceptors (Lipinski definition) is 4. The summed E-state index contributed by atoms with van der Waals surface area (Å²) in [5.41, 5.74) is -11.8. The molecule has 0 atom stereocenters. The maximum absolute atomic E-state index is 12.4. The van der Waals surface area contributed by atoms with Crippen LogP contribution >= 0.6 is 20.7 Å². The highest BCUT2D eigenvalue weighted by Crippen LogP contribution is 2.38. The van der Waals surface area contributed by atoms with Crippen molar-refractivity contribution < 1.29 is 43.2 Å². The van der Waals surface area contributed by atoms with Crippen LogP contribution in [0.15, 0.2) is 21.1 Å². The summed E-state index contributed by atoms with van der Waals surface area (Å²) in [6.45, 7) is 0. The molecule has 116 valence electrons. The van der Waals surface area contributed by atoms with Gasteiger partial charge in [-0.15, -0.1) is 0 Å². The number of hydrogen-bond donors (Lipinski definition) is 0. The predicted octanol–water partition coefficient (Wildman–Crippen LogP) is 2.37. The van der Waals surface area contributed by atoms with Crippen molar-refractivity contribution in [1.29, 1.82) is 0 Å². The monoisotopic (exact) mass is 456 g/mol. The molecular formula is C7H3F6IO4S2. The lowest BCUT2D eigenvalue weighted by atomic mass is 10.5. The van der Waals surface area contributed by atoms with Crippen LogP contribution in [0.2, 0.25) is 0 Å². The van der Waals surface area contributed by atoms with Crippen molar-refractivity contribution in [1.82, 2.24) is 0 Å². The van der Waals surface area contributed by atoms with Gasteiger partial charge in [-0.3, -0.25) is 0 Å². The van der Waals surface area contributed by atoms with Crippen molar-refractivity contribution in [3.05, 3.63) is 21.1 Å². The molecule has 0 saturated carbocycles. The fraction of sp³-hybridized carbons (Fsp3) is 0.286. The van der Waals surface area contributed by atoms with Gasteiger partial charge in [0, 0.05) is 0 Å². The van der Waals surface area contributed by atoms with E-state index in [2.05, 4.69) is 0 Å². The molecule has 0 spiro atoms. The largest absolute Gasteiger partial charge is 0.502 e. The number of halogens is 7. The SMILES string of the molecule is O=S(=O)(C1=CC=CI=C1S(=O)(=O)C(F)(F)F)C(F)(F)F. The second-order valence-electron chi connectivity index (χ2n) is 3.13. The minimum Gasteiger partial charge on any atom is -0.214 e. The van der Waals surface area contributed by atoms with Crippen LogP contribution in [0.1, 0.15) is 0 Å². The Kier molecular flexibility index (Phi) is 4.47. The lowest BCUT2D eigenvalue weighted by Gasteiger charge is -2.16. The molecule has 0 bridgehead atoms. The summed E-state index contributed by atoms with van der Waals surface area (Å²) in [4.78, 5) is -1.86. The molecule has 1 aliphatic heterocycles. The summed E-state index contributed by atoms with van der Waals surface area (Å²) < 4.78 is 118. The smallest absolute Gasteiger partial charge is 0.214 e. The van der Waals surface area contributed by atoms with Crippen LogP contribution in [-0.2, 0) is 19.7 Å². The number of alkyl halides is 6. The third-order valence-electron chi connectivity index (χ3n) is 1.81. The van der Waals surface area contributed by atoms with Gasteiger partial charge in [-0.25, -0.2) is 16.8 Å². The molecule has 1 heterocycles. The van der Waals surface area contributed by atoms with Crippen molar-refractivity contribution in [3.63, 3.8) is 0 Å². The summed E-state index contributed by atoms with van der Waals surface area (Å²) in [6.07, 6.45) is 0.978. The first kappa shape index (κ1) is 17.6. The van der Waals surface area contributed by atoms with Crippen LogP contribution in [0.25, 0.3) is 0 Å². The Morgan fingerprint density at radius 2 is 1.30 bits per heavy atom. The Bertz CT molecular complexity index is 645.